The second-order valence-electron chi connectivity index (χ2n) is 5.03. The van der Waals surface area contributed by atoms with E-state index in [0.29, 0.717) is 0 Å². The third-order valence-corrected chi connectivity index (χ3v) is 3.59. The van der Waals surface area contributed by atoms with Crippen LogP contribution >= 0.6 is 0 Å². The molecule has 0 aliphatic carbocycles. The molecule has 2 rings (SSSR count). The molecule has 0 aromatic heterocycles. The molecule has 0 amide bonds. The fraction of sp³-hybridized carbons (Fsp3) is 0.500. The molecular formula is C16H23NO2. The molecule has 0 spiro atoms. The highest BCUT2D eigenvalue weighted by molar-refractivity contribution is 5.57. The van der Waals surface area contributed by atoms with Gasteiger partial charge in [0.15, 0.2) is 0 Å². The van der Waals surface area contributed by atoms with Gasteiger partial charge in [-0.05, 0) is 31.9 Å². The van der Waals surface area contributed by atoms with Gasteiger partial charge in [-0.3, -0.25) is 4.90 Å². The number of nitrogens with zero attached hydrogens (tertiary/aromatic N) is 1. The summed E-state index contributed by atoms with van der Waals surface area (Å²) in [6, 6.07) is 8.03. The van der Waals surface area contributed by atoms with Gasteiger partial charge in [0, 0.05) is 18.7 Å². The Kier molecular flexibility index (Phi) is 5.43. The molecule has 19 heavy (non-hydrogen) atoms. The summed E-state index contributed by atoms with van der Waals surface area (Å²) in [6.45, 7) is 3.00. The number of methoxy groups -OCH3 is 1. The van der Waals surface area contributed by atoms with E-state index in [1.807, 2.05) is 18.2 Å². The van der Waals surface area contributed by atoms with E-state index in [2.05, 4.69) is 23.1 Å². The number of ether oxygens (including phenoxy) is 1. The Morgan fingerprint density at radius 1 is 1.32 bits per heavy atom. The van der Waals surface area contributed by atoms with Gasteiger partial charge in [0.1, 0.15) is 5.75 Å². The summed E-state index contributed by atoms with van der Waals surface area (Å²) in [5.74, 6) is 0.907. The van der Waals surface area contributed by atoms with E-state index >= 15 is 0 Å². The Bertz CT molecular complexity index is 417. The minimum absolute atomic E-state index is 0.108. The third kappa shape index (κ3) is 4.37. The fourth-order valence-electron chi connectivity index (χ4n) is 2.45. The largest absolute Gasteiger partial charge is 0.496 e. The lowest BCUT2D eigenvalue weighted by Gasteiger charge is -2.17. The van der Waals surface area contributed by atoms with Crippen molar-refractivity contribution in [1.29, 1.82) is 0 Å². The Morgan fingerprint density at radius 2 is 2.16 bits per heavy atom. The van der Waals surface area contributed by atoms with Gasteiger partial charge in [0.2, 0.25) is 0 Å². The van der Waals surface area contributed by atoms with Gasteiger partial charge < -0.3 is 9.84 Å². The molecule has 1 aromatic rings. The molecule has 1 aliphatic heterocycles. The molecule has 1 unspecified atom stereocenters. The molecule has 1 atom stereocenters. The quantitative estimate of drug-likeness (QED) is 0.904. The number of hydrogen-bond donors (Lipinski definition) is 1. The van der Waals surface area contributed by atoms with Gasteiger partial charge in [0.25, 0.3) is 0 Å². The van der Waals surface area contributed by atoms with Crippen LogP contribution in [0.5, 0.6) is 5.75 Å². The van der Waals surface area contributed by atoms with Crippen LogP contribution in [-0.2, 0) is 0 Å². The lowest BCUT2D eigenvalue weighted by molar-refractivity contribution is 0.156. The minimum Gasteiger partial charge on any atom is -0.496 e. The maximum atomic E-state index is 9.62. The van der Waals surface area contributed by atoms with E-state index in [-0.39, 0.29) is 6.10 Å². The van der Waals surface area contributed by atoms with Gasteiger partial charge in [0.05, 0.1) is 13.2 Å². The first-order valence-corrected chi connectivity index (χ1v) is 6.99. The zero-order chi connectivity index (χ0) is 13.5. The summed E-state index contributed by atoms with van der Waals surface area (Å²) in [4.78, 5) is 2.39. The first-order valence-electron chi connectivity index (χ1n) is 6.99. The van der Waals surface area contributed by atoms with Crippen molar-refractivity contribution in [3.8, 4) is 5.75 Å². The highest BCUT2D eigenvalue weighted by atomic mass is 16.5. The van der Waals surface area contributed by atoms with Crippen LogP contribution < -0.4 is 4.74 Å². The van der Waals surface area contributed by atoms with Gasteiger partial charge in [-0.2, -0.15) is 0 Å². The summed E-state index contributed by atoms with van der Waals surface area (Å²) in [5.41, 5.74) is 1.11. The summed E-state index contributed by atoms with van der Waals surface area (Å²) in [7, 11) is 1.70. The Hall–Kier alpha value is -1.32. The number of benzene rings is 1. The number of aliphatic hydroxyl groups excluding tert-OH is 1. The highest BCUT2D eigenvalue weighted by Gasteiger charge is 2.13. The van der Waals surface area contributed by atoms with Gasteiger partial charge in [-0.1, -0.05) is 30.4 Å². The standard InChI is InChI=1S/C16H23NO2/c1-19-16-9-3-2-6-14(16)7-4-11-17-12-5-8-15(18)10-13-17/h2-4,6-7,9,15,18H,5,8,10-13H2,1H3/b7-4+. The maximum absolute atomic E-state index is 9.62. The highest BCUT2D eigenvalue weighted by Crippen LogP contribution is 2.18. The second-order valence-corrected chi connectivity index (χ2v) is 5.03. The van der Waals surface area contributed by atoms with E-state index < -0.39 is 0 Å². The van der Waals surface area contributed by atoms with E-state index in [1.165, 1.54) is 0 Å². The van der Waals surface area contributed by atoms with Gasteiger partial charge >= 0.3 is 0 Å². The van der Waals surface area contributed by atoms with Crippen molar-refractivity contribution in [2.45, 2.75) is 25.4 Å². The predicted octanol–water partition coefficient (Wildman–Crippen LogP) is 2.56. The molecule has 1 N–H and O–H groups in total. The average molecular weight is 261 g/mol. The van der Waals surface area contributed by atoms with Gasteiger partial charge in [-0.15, -0.1) is 0 Å². The van der Waals surface area contributed by atoms with E-state index in [4.69, 9.17) is 4.74 Å². The van der Waals surface area contributed by atoms with E-state index in [0.717, 1.165) is 50.2 Å². The number of para-hydroxylation sites is 1. The molecule has 3 heteroatoms. The smallest absolute Gasteiger partial charge is 0.126 e. The van der Waals surface area contributed by atoms with Crippen LogP contribution in [0.2, 0.25) is 0 Å². The minimum atomic E-state index is -0.108. The van der Waals surface area contributed by atoms with Crippen LogP contribution in [0.1, 0.15) is 24.8 Å². The van der Waals surface area contributed by atoms with Crippen molar-refractivity contribution < 1.29 is 9.84 Å². The summed E-state index contributed by atoms with van der Waals surface area (Å²) in [5, 5.41) is 9.62. The van der Waals surface area contributed by atoms with E-state index in [1.54, 1.807) is 7.11 Å². The van der Waals surface area contributed by atoms with Crippen molar-refractivity contribution in [3.05, 3.63) is 35.9 Å². The molecule has 3 nitrogen and oxygen atoms in total. The lowest BCUT2D eigenvalue weighted by atomic mass is 10.2. The van der Waals surface area contributed by atoms with Gasteiger partial charge in [-0.25, -0.2) is 0 Å². The Balaban J connectivity index is 1.88. The monoisotopic (exact) mass is 261 g/mol. The van der Waals surface area contributed by atoms with E-state index in [9.17, 15) is 5.11 Å². The van der Waals surface area contributed by atoms with Crippen LogP contribution in [0.15, 0.2) is 30.3 Å². The van der Waals surface area contributed by atoms with Crippen LogP contribution in [0.25, 0.3) is 6.08 Å². The number of hydrogen-bond acceptors (Lipinski definition) is 3. The molecule has 1 heterocycles. The molecule has 1 fully saturated rings. The molecule has 104 valence electrons. The number of likely N-dealkylation sites (tertiary alicyclic amines) is 1. The zero-order valence-electron chi connectivity index (χ0n) is 11.6. The van der Waals surface area contributed by atoms with Crippen molar-refractivity contribution in [3.63, 3.8) is 0 Å². The topological polar surface area (TPSA) is 32.7 Å². The predicted molar refractivity (Wildman–Crippen MR) is 78.3 cm³/mol. The van der Waals surface area contributed by atoms with Crippen molar-refractivity contribution in [1.82, 2.24) is 4.90 Å². The van der Waals surface area contributed by atoms with Crippen LogP contribution in [0.3, 0.4) is 0 Å². The molecule has 0 saturated carbocycles. The molecule has 1 aromatic carbocycles. The van der Waals surface area contributed by atoms with Crippen LogP contribution in [0, 0.1) is 0 Å². The molecule has 0 radical (unpaired) electrons. The Labute approximate surface area is 115 Å². The SMILES string of the molecule is COc1ccccc1/C=C/CN1CCCC(O)CC1. The van der Waals surface area contributed by atoms with Crippen molar-refractivity contribution in [2.75, 3.05) is 26.7 Å². The molecule has 1 saturated heterocycles. The normalized spacial score (nSPS) is 21.5. The zero-order valence-corrected chi connectivity index (χ0v) is 11.6. The maximum Gasteiger partial charge on any atom is 0.126 e. The van der Waals surface area contributed by atoms with Crippen molar-refractivity contribution in [2.24, 2.45) is 0 Å². The van der Waals surface area contributed by atoms with Crippen LogP contribution in [0.4, 0.5) is 0 Å². The number of aliphatic hydroxyl groups is 1. The molecular weight excluding hydrogens is 238 g/mol. The molecule has 0 bridgehead atoms. The number of rotatable bonds is 4. The molecule has 1 aliphatic rings. The second kappa shape index (κ2) is 7.31. The third-order valence-electron chi connectivity index (χ3n) is 3.59. The fourth-order valence-corrected chi connectivity index (χ4v) is 2.45. The van der Waals surface area contributed by atoms with Crippen LogP contribution in [-0.4, -0.2) is 42.9 Å². The first-order chi connectivity index (χ1) is 9.29. The van der Waals surface area contributed by atoms with Crippen molar-refractivity contribution >= 4 is 6.08 Å². The Morgan fingerprint density at radius 3 is 3.00 bits per heavy atom. The lowest BCUT2D eigenvalue weighted by Crippen LogP contribution is -2.25. The average Bonchev–Trinajstić information content (AvgIpc) is 2.64. The first kappa shape index (κ1) is 14.1. The summed E-state index contributed by atoms with van der Waals surface area (Å²) in [6.07, 6.45) is 7.09. The summed E-state index contributed by atoms with van der Waals surface area (Å²) >= 11 is 0. The summed E-state index contributed by atoms with van der Waals surface area (Å²) < 4.78 is 5.32.